The van der Waals surface area contributed by atoms with Crippen molar-refractivity contribution in [3.8, 4) is 0 Å². The summed E-state index contributed by atoms with van der Waals surface area (Å²) in [6, 6.07) is 10.4. The van der Waals surface area contributed by atoms with Crippen molar-refractivity contribution in [1.82, 2.24) is 10.3 Å². The average molecular weight is 230 g/mol. The van der Waals surface area contributed by atoms with Gasteiger partial charge in [-0.3, -0.25) is 4.98 Å². The number of nitrogens with one attached hydrogen (secondary N) is 1. The molecule has 0 aliphatic heterocycles. The Morgan fingerprint density at radius 2 is 2.12 bits per heavy atom. The second-order valence-corrected chi connectivity index (χ2v) is 4.11. The van der Waals surface area contributed by atoms with Crippen LogP contribution in [0.4, 0.5) is 0 Å². The number of para-hydroxylation sites is 1. The van der Waals surface area contributed by atoms with E-state index >= 15 is 0 Å². The van der Waals surface area contributed by atoms with Gasteiger partial charge in [0, 0.05) is 31.3 Å². The number of rotatable bonds is 5. The summed E-state index contributed by atoms with van der Waals surface area (Å²) >= 11 is 0. The molecule has 0 bridgehead atoms. The smallest absolute Gasteiger partial charge is 0.0708 e. The number of aromatic nitrogens is 1. The molecule has 1 heterocycles. The van der Waals surface area contributed by atoms with E-state index in [-0.39, 0.29) is 0 Å². The van der Waals surface area contributed by atoms with Crippen molar-refractivity contribution in [3.63, 3.8) is 0 Å². The molecule has 1 aromatic carbocycles. The molecule has 3 heteroatoms. The fourth-order valence-electron chi connectivity index (χ4n) is 1.94. The second kappa shape index (κ2) is 5.75. The second-order valence-electron chi connectivity index (χ2n) is 4.11. The highest BCUT2D eigenvalue weighted by Gasteiger charge is 2.02. The van der Waals surface area contributed by atoms with E-state index in [2.05, 4.69) is 34.6 Å². The van der Waals surface area contributed by atoms with E-state index in [4.69, 9.17) is 4.74 Å². The molecule has 1 N–H and O–H groups in total. The summed E-state index contributed by atoms with van der Waals surface area (Å²) in [5.74, 6) is 0. The fraction of sp³-hybridized carbons (Fsp3) is 0.357. The lowest BCUT2D eigenvalue weighted by molar-refractivity contribution is 0.199. The fourth-order valence-corrected chi connectivity index (χ4v) is 1.94. The standard InChI is InChI=1S/C14H18N2O/c1-11-9-12(10-15-7-8-17-2)13-5-3-4-6-14(13)16-11/h3-6,9,15H,7-8,10H2,1-2H3. The number of hydrogen-bond donors (Lipinski definition) is 1. The molecule has 0 unspecified atom stereocenters. The lowest BCUT2D eigenvalue weighted by Gasteiger charge is -2.09. The number of ether oxygens (including phenoxy) is 1. The van der Waals surface area contributed by atoms with Crippen molar-refractivity contribution in [1.29, 1.82) is 0 Å². The van der Waals surface area contributed by atoms with Gasteiger partial charge in [-0.1, -0.05) is 18.2 Å². The Balaban J connectivity index is 2.20. The minimum absolute atomic E-state index is 0.738. The highest BCUT2D eigenvalue weighted by molar-refractivity contribution is 5.82. The predicted molar refractivity (Wildman–Crippen MR) is 70.1 cm³/mol. The molecule has 17 heavy (non-hydrogen) atoms. The molecular formula is C14H18N2O. The number of aryl methyl sites for hydroxylation is 1. The number of methoxy groups -OCH3 is 1. The zero-order valence-electron chi connectivity index (χ0n) is 10.4. The molecule has 2 aromatic rings. The van der Waals surface area contributed by atoms with Gasteiger partial charge in [-0.2, -0.15) is 0 Å². The first-order valence-electron chi connectivity index (χ1n) is 5.86. The first kappa shape index (κ1) is 12.0. The van der Waals surface area contributed by atoms with Gasteiger partial charge < -0.3 is 10.1 Å². The Morgan fingerprint density at radius 1 is 1.29 bits per heavy atom. The Morgan fingerprint density at radius 3 is 2.94 bits per heavy atom. The quantitative estimate of drug-likeness (QED) is 0.800. The SMILES string of the molecule is COCCNCc1cc(C)nc2ccccc12. The van der Waals surface area contributed by atoms with Gasteiger partial charge in [0.15, 0.2) is 0 Å². The normalized spacial score (nSPS) is 10.9. The maximum absolute atomic E-state index is 5.02. The van der Waals surface area contributed by atoms with E-state index in [0.717, 1.165) is 30.9 Å². The van der Waals surface area contributed by atoms with E-state index in [1.54, 1.807) is 7.11 Å². The maximum Gasteiger partial charge on any atom is 0.0708 e. The van der Waals surface area contributed by atoms with Crippen molar-refractivity contribution >= 4 is 10.9 Å². The number of hydrogen-bond acceptors (Lipinski definition) is 3. The van der Waals surface area contributed by atoms with Crippen molar-refractivity contribution in [3.05, 3.63) is 41.6 Å². The summed E-state index contributed by atoms with van der Waals surface area (Å²) in [5.41, 5.74) is 3.42. The minimum atomic E-state index is 0.738. The van der Waals surface area contributed by atoms with Crippen LogP contribution in [0.1, 0.15) is 11.3 Å². The Kier molecular flexibility index (Phi) is 4.07. The topological polar surface area (TPSA) is 34.1 Å². The van der Waals surface area contributed by atoms with Crippen LogP contribution in [0.3, 0.4) is 0 Å². The molecule has 2 rings (SSSR count). The van der Waals surface area contributed by atoms with E-state index in [9.17, 15) is 0 Å². The van der Waals surface area contributed by atoms with E-state index in [1.165, 1.54) is 10.9 Å². The van der Waals surface area contributed by atoms with Gasteiger partial charge in [-0.25, -0.2) is 0 Å². The van der Waals surface area contributed by atoms with Gasteiger partial charge in [0.1, 0.15) is 0 Å². The van der Waals surface area contributed by atoms with Crippen LogP contribution in [-0.2, 0) is 11.3 Å². The van der Waals surface area contributed by atoms with E-state index in [1.807, 2.05) is 13.0 Å². The molecule has 0 amide bonds. The van der Waals surface area contributed by atoms with Crippen molar-refractivity contribution in [2.75, 3.05) is 20.3 Å². The third-order valence-electron chi connectivity index (χ3n) is 2.73. The summed E-state index contributed by atoms with van der Waals surface area (Å²) in [6.45, 7) is 4.49. The summed E-state index contributed by atoms with van der Waals surface area (Å²) in [6.07, 6.45) is 0. The first-order chi connectivity index (χ1) is 8.31. The minimum Gasteiger partial charge on any atom is -0.383 e. The monoisotopic (exact) mass is 230 g/mol. The van der Waals surface area contributed by atoms with Crippen LogP contribution in [0.15, 0.2) is 30.3 Å². The van der Waals surface area contributed by atoms with Gasteiger partial charge in [0.25, 0.3) is 0 Å². The van der Waals surface area contributed by atoms with Crippen molar-refractivity contribution in [2.24, 2.45) is 0 Å². The number of fused-ring (bicyclic) bond motifs is 1. The molecule has 0 aliphatic carbocycles. The lowest BCUT2D eigenvalue weighted by atomic mass is 10.1. The van der Waals surface area contributed by atoms with Gasteiger partial charge in [-0.15, -0.1) is 0 Å². The van der Waals surface area contributed by atoms with Crippen LogP contribution in [0, 0.1) is 6.92 Å². The van der Waals surface area contributed by atoms with E-state index < -0.39 is 0 Å². The van der Waals surface area contributed by atoms with E-state index in [0.29, 0.717) is 0 Å². The first-order valence-corrected chi connectivity index (χ1v) is 5.86. The maximum atomic E-state index is 5.02. The molecule has 0 aliphatic rings. The molecule has 1 aromatic heterocycles. The Bertz CT molecular complexity index is 497. The third kappa shape index (κ3) is 3.02. The largest absolute Gasteiger partial charge is 0.383 e. The van der Waals surface area contributed by atoms with Gasteiger partial charge in [0.2, 0.25) is 0 Å². The summed E-state index contributed by atoms with van der Waals surface area (Å²) in [5, 5.41) is 4.59. The van der Waals surface area contributed by atoms with Crippen molar-refractivity contribution < 1.29 is 4.74 Å². The van der Waals surface area contributed by atoms with Gasteiger partial charge in [-0.05, 0) is 24.6 Å². The highest BCUT2D eigenvalue weighted by Crippen LogP contribution is 2.17. The molecule has 0 saturated carbocycles. The summed E-state index contributed by atoms with van der Waals surface area (Å²) in [7, 11) is 1.72. The lowest BCUT2D eigenvalue weighted by Crippen LogP contribution is -2.18. The number of pyridine rings is 1. The zero-order valence-corrected chi connectivity index (χ0v) is 10.4. The molecule has 0 atom stereocenters. The Labute approximate surface area is 102 Å². The third-order valence-corrected chi connectivity index (χ3v) is 2.73. The highest BCUT2D eigenvalue weighted by atomic mass is 16.5. The molecular weight excluding hydrogens is 212 g/mol. The summed E-state index contributed by atoms with van der Waals surface area (Å²) in [4.78, 5) is 4.53. The van der Waals surface area contributed by atoms with Crippen LogP contribution in [-0.4, -0.2) is 25.2 Å². The van der Waals surface area contributed by atoms with Gasteiger partial charge in [0.05, 0.1) is 12.1 Å². The van der Waals surface area contributed by atoms with Crippen LogP contribution < -0.4 is 5.32 Å². The molecule has 3 nitrogen and oxygen atoms in total. The average Bonchev–Trinajstić information content (AvgIpc) is 2.34. The Hall–Kier alpha value is -1.45. The van der Waals surface area contributed by atoms with Crippen LogP contribution >= 0.6 is 0 Å². The summed E-state index contributed by atoms with van der Waals surface area (Å²) < 4.78 is 5.02. The van der Waals surface area contributed by atoms with Gasteiger partial charge >= 0.3 is 0 Å². The van der Waals surface area contributed by atoms with Crippen LogP contribution in [0.2, 0.25) is 0 Å². The predicted octanol–water partition coefficient (Wildman–Crippen LogP) is 2.28. The molecule has 0 fully saturated rings. The van der Waals surface area contributed by atoms with Crippen LogP contribution in [0.25, 0.3) is 10.9 Å². The van der Waals surface area contributed by atoms with Crippen LogP contribution in [0.5, 0.6) is 0 Å². The number of benzene rings is 1. The molecule has 90 valence electrons. The zero-order chi connectivity index (χ0) is 12.1. The van der Waals surface area contributed by atoms with Crippen molar-refractivity contribution in [2.45, 2.75) is 13.5 Å². The molecule has 0 radical (unpaired) electrons. The molecule has 0 saturated heterocycles. The molecule has 0 spiro atoms. The number of nitrogens with zero attached hydrogens (tertiary/aromatic N) is 1.